The Morgan fingerprint density at radius 1 is 1.56 bits per heavy atom. The summed E-state index contributed by atoms with van der Waals surface area (Å²) in [5, 5.41) is 14.0. The van der Waals surface area contributed by atoms with E-state index in [-0.39, 0.29) is 5.91 Å². The van der Waals surface area contributed by atoms with Gasteiger partial charge in [-0.2, -0.15) is 0 Å². The SMILES string of the molecule is CC[C@H](NC(=O)N1CCNC(=O)C1(C)C)C(=O)O. The number of carbonyl (C=O) groups excluding carboxylic acids is 2. The molecule has 7 nitrogen and oxygen atoms in total. The standard InChI is InChI=1S/C11H19N3O4/c1-4-7(8(15)16)13-10(18)14-6-5-12-9(17)11(14,2)3/h7H,4-6H2,1-3H3,(H,12,17)(H,13,18)(H,15,16)/t7-/m0/s1. The summed E-state index contributed by atoms with van der Waals surface area (Å²) < 4.78 is 0. The molecular weight excluding hydrogens is 238 g/mol. The Hall–Kier alpha value is -1.79. The minimum atomic E-state index is -1.08. The van der Waals surface area contributed by atoms with E-state index in [1.807, 2.05) is 0 Å². The number of nitrogens with one attached hydrogen (secondary N) is 2. The van der Waals surface area contributed by atoms with Crippen molar-refractivity contribution in [3.63, 3.8) is 0 Å². The van der Waals surface area contributed by atoms with E-state index >= 15 is 0 Å². The summed E-state index contributed by atoms with van der Waals surface area (Å²) in [6, 6.07) is -1.46. The third-order valence-electron chi connectivity index (χ3n) is 3.10. The Balaban J connectivity index is 2.77. The number of hydrogen-bond acceptors (Lipinski definition) is 3. The molecule has 1 aliphatic rings. The van der Waals surface area contributed by atoms with Crippen molar-refractivity contribution in [3.8, 4) is 0 Å². The van der Waals surface area contributed by atoms with Crippen LogP contribution in [0, 0.1) is 0 Å². The van der Waals surface area contributed by atoms with E-state index in [0.29, 0.717) is 19.5 Å². The first-order valence-electron chi connectivity index (χ1n) is 5.90. The van der Waals surface area contributed by atoms with E-state index in [1.54, 1.807) is 20.8 Å². The first-order valence-corrected chi connectivity index (χ1v) is 5.90. The molecule has 7 heteroatoms. The van der Waals surface area contributed by atoms with Gasteiger partial charge in [0.25, 0.3) is 0 Å². The molecule has 0 aromatic heterocycles. The fraction of sp³-hybridized carbons (Fsp3) is 0.727. The largest absolute Gasteiger partial charge is 0.480 e. The average Bonchev–Trinajstić information content (AvgIpc) is 2.28. The van der Waals surface area contributed by atoms with Crippen molar-refractivity contribution in [2.75, 3.05) is 13.1 Å². The lowest BCUT2D eigenvalue weighted by Crippen LogP contribution is -2.66. The fourth-order valence-corrected chi connectivity index (χ4v) is 1.82. The first kappa shape index (κ1) is 14.3. The molecule has 18 heavy (non-hydrogen) atoms. The molecule has 1 rings (SSSR count). The summed E-state index contributed by atoms with van der Waals surface area (Å²) in [6.45, 7) is 5.67. The van der Waals surface area contributed by atoms with E-state index in [9.17, 15) is 14.4 Å². The van der Waals surface area contributed by atoms with Crippen molar-refractivity contribution in [1.82, 2.24) is 15.5 Å². The van der Waals surface area contributed by atoms with Crippen LogP contribution in [-0.2, 0) is 9.59 Å². The number of rotatable bonds is 3. The van der Waals surface area contributed by atoms with Crippen LogP contribution in [0.1, 0.15) is 27.2 Å². The second kappa shape index (κ2) is 5.24. The van der Waals surface area contributed by atoms with Gasteiger partial charge in [-0.25, -0.2) is 9.59 Å². The van der Waals surface area contributed by atoms with Gasteiger partial charge in [0, 0.05) is 13.1 Å². The van der Waals surface area contributed by atoms with Crippen LogP contribution in [0.15, 0.2) is 0 Å². The molecule has 0 aliphatic carbocycles. The Bertz CT molecular complexity index is 367. The van der Waals surface area contributed by atoms with Gasteiger partial charge >= 0.3 is 12.0 Å². The van der Waals surface area contributed by atoms with Crippen LogP contribution in [0.4, 0.5) is 4.79 Å². The highest BCUT2D eigenvalue weighted by Crippen LogP contribution is 2.17. The van der Waals surface area contributed by atoms with Crippen LogP contribution in [-0.4, -0.2) is 52.6 Å². The highest BCUT2D eigenvalue weighted by molar-refractivity contribution is 5.92. The van der Waals surface area contributed by atoms with Crippen molar-refractivity contribution < 1.29 is 19.5 Å². The number of nitrogens with zero attached hydrogens (tertiary/aromatic N) is 1. The molecular formula is C11H19N3O4. The summed E-state index contributed by atoms with van der Waals surface area (Å²) in [7, 11) is 0. The molecule has 0 aromatic carbocycles. The quantitative estimate of drug-likeness (QED) is 0.650. The summed E-state index contributed by atoms with van der Waals surface area (Å²) in [4.78, 5) is 35.9. The number of hydrogen-bond donors (Lipinski definition) is 3. The van der Waals surface area contributed by atoms with Gasteiger partial charge in [-0.15, -0.1) is 0 Å². The van der Waals surface area contributed by atoms with Gasteiger partial charge in [0.05, 0.1) is 0 Å². The lowest BCUT2D eigenvalue weighted by molar-refractivity contribution is -0.139. The first-order chi connectivity index (χ1) is 8.30. The Labute approximate surface area is 106 Å². The third-order valence-corrected chi connectivity index (χ3v) is 3.10. The molecule has 3 amide bonds. The van der Waals surface area contributed by atoms with Gasteiger partial charge in [0.15, 0.2) is 0 Å². The molecule has 0 aromatic rings. The molecule has 1 fully saturated rings. The van der Waals surface area contributed by atoms with Crippen LogP contribution >= 0.6 is 0 Å². The van der Waals surface area contributed by atoms with E-state index in [0.717, 1.165) is 0 Å². The second-order valence-corrected chi connectivity index (χ2v) is 4.72. The Kier molecular flexibility index (Phi) is 4.15. The molecule has 1 heterocycles. The van der Waals surface area contributed by atoms with Crippen molar-refractivity contribution in [3.05, 3.63) is 0 Å². The maximum Gasteiger partial charge on any atom is 0.326 e. The number of aliphatic carboxylic acids is 1. The van der Waals surface area contributed by atoms with Gasteiger partial charge in [0.1, 0.15) is 11.6 Å². The maximum atomic E-state index is 12.0. The van der Waals surface area contributed by atoms with Crippen molar-refractivity contribution in [1.29, 1.82) is 0 Å². The normalized spacial score (nSPS) is 19.9. The number of carbonyl (C=O) groups is 3. The predicted molar refractivity (Wildman–Crippen MR) is 64.0 cm³/mol. The molecule has 0 radical (unpaired) electrons. The molecule has 0 spiro atoms. The van der Waals surface area contributed by atoms with E-state index in [4.69, 9.17) is 5.11 Å². The van der Waals surface area contributed by atoms with Crippen LogP contribution < -0.4 is 10.6 Å². The average molecular weight is 257 g/mol. The molecule has 0 unspecified atom stereocenters. The molecule has 1 aliphatic heterocycles. The smallest absolute Gasteiger partial charge is 0.326 e. The van der Waals surface area contributed by atoms with Crippen molar-refractivity contribution in [2.45, 2.75) is 38.8 Å². The third kappa shape index (κ3) is 2.72. The molecule has 0 bridgehead atoms. The topological polar surface area (TPSA) is 98.7 Å². The highest BCUT2D eigenvalue weighted by Gasteiger charge is 2.41. The highest BCUT2D eigenvalue weighted by atomic mass is 16.4. The monoisotopic (exact) mass is 257 g/mol. The van der Waals surface area contributed by atoms with Crippen LogP contribution in [0.25, 0.3) is 0 Å². The maximum absolute atomic E-state index is 12.0. The lowest BCUT2D eigenvalue weighted by atomic mass is 9.99. The number of carboxylic acid groups (broad SMARTS) is 1. The zero-order valence-electron chi connectivity index (χ0n) is 10.8. The van der Waals surface area contributed by atoms with Crippen molar-refractivity contribution in [2.24, 2.45) is 0 Å². The number of piperazine rings is 1. The van der Waals surface area contributed by atoms with E-state index in [2.05, 4.69) is 10.6 Å². The summed E-state index contributed by atoms with van der Waals surface area (Å²) in [5.41, 5.74) is -0.973. The number of amides is 3. The summed E-state index contributed by atoms with van der Waals surface area (Å²) >= 11 is 0. The van der Waals surface area contributed by atoms with Crippen LogP contribution in [0.2, 0.25) is 0 Å². The Morgan fingerprint density at radius 2 is 2.17 bits per heavy atom. The number of carboxylic acids is 1. The summed E-state index contributed by atoms with van der Waals surface area (Å²) in [5.74, 6) is -1.32. The van der Waals surface area contributed by atoms with Gasteiger partial charge in [0.2, 0.25) is 5.91 Å². The second-order valence-electron chi connectivity index (χ2n) is 4.72. The molecule has 102 valence electrons. The predicted octanol–water partition coefficient (Wildman–Crippen LogP) is -0.230. The molecule has 1 atom stereocenters. The molecule has 0 saturated carbocycles. The minimum absolute atomic E-state index is 0.243. The number of urea groups is 1. The van der Waals surface area contributed by atoms with Gasteiger partial charge < -0.3 is 20.6 Å². The van der Waals surface area contributed by atoms with Gasteiger partial charge in [-0.3, -0.25) is 4.79 Å². The van der Waals surface area contributed by atoms with Gasteiger partial charge in [-0.05, 0) is 20.3 Å². The molecule has 3 N–H and O–H groups in total. The van der Waals surface area contributed by atoms with Crippen molar-refractivity contribution >= 4 is 17.9 Å². The van der Waals surface area contributed by atoms with Gasteiger partial charge in [-0.1, -0.05) is 6.92 Å². The summed E-state index contributed by atoms with van der Waals surface area (Å²) in [6.07, 6.45) is 0.293. The fourth-order valence-electron chi connectivity index (χ4n) is 1.82. The molecule has 1 saturated heterocycles. The zero-order chi connectivity index (χ0) is 13.9. The van der Waals surface area contributed by atoms with Crippen LogP contribution in [0.3, 0.4) is 0 Å². The zero-order valence-corrected chi connectivity index (χ0v) is 10.8. The minimum Gasteiger partial charge on any atom is -0.480 e. The lowest BCUT2D eigenvalue weighted by Gasteiger charge is -2.41. The van der Waals surface area contributed by atoms with Crippen LogP contribution in [0.5, 0.6) is 0 Å². The van der Waals surface area contributed by atoms with E-state index in [1.165, 1.54) is 4.90 Å². The Morgan fingerprint density at radius 3 is 2.67 bits per heavy atom. The van der Waals surface area contributed by atoms with E-state index < -0.39 is 23.6 Å².